The molecule has 0 saturated carbocycles. The average Bonchev–Trinajstić information content (AvgIpc) is 3.25. The van der Waals surface area contributed by atoms with E-state index < -0.39 is 0 Å². The SMILES string of the molecule is COc1cc(C)c(CN2CCN(CC(=O)N[C@@H](C)c3ccco3)CC2)cc1OC. The van der Waals surface area contributed by atoms with Crippen LogP contribution in [0.1, 0.15) is 29.9 Å². The van der Waals surface area contributed by atoms with Crippen molar-refractivity contribution in [1.82, 2.24) is 15.1 Å². The number of ether oxygens (including phenoxy) is 2. The van der Waals surface area contributed by atoms with Crippen LogP contribution in [0.3, 0.4) is 0 Å². The fourth-order valence-corrected chi connectivity index (χ4v) is 3.64. The fraction of sp³-hybridized carbons (Fsp3) is 0.500. The lowest BCUT2D eigenvalue weighted by atomic mass is 10.1. The van der Waals surface area contributed by atoms with Crippen LogP contribution < -0.4 is 14.8 Å². The molecule has 158 valence electrons. The van der Waals surface area contributed by atoms with Gasteiger partial charge in [-0.1, -0.05) is 0 Å². The minimum absolute atomic E-state index is 0.0260. The molecule has 0 unspecified atom stereocenters. The molecule has 2 aromatic rings. The van der Waals surface area contributed by atoms with Gasteiger partial charge in [0.15, 0.2) is 11.5 Å². The summed E-state index contributed by atoms with van der Waals surface area (Å²) in [5, 5.41) is 3.00. The van der Waals surface area contributed by atoms with E-state index in [0.717, 1.165) is 50.0 Å². The number of carbonyl (C=O) groups is 1. The Morgan fingerprint density at radius 1 is 1.14 bits per heavy atom. The van der Waals surface area contributed by atoms with Gasteiger partial charge in [-0.25, -0.2) is 0 Å². The highest BCUT2D eigenvalue weighted by Gasteiger charge is 2.21. The van der Waals surface area contributed by atoms with E-state index in [9.17, 15) is 4.79 Å². The van der Waals surface area contributed by atoms with Crippen LogP contribution >= 0.6 is 0 Å². The summed E-state index contributed by atoms with van der Waals surface area (Å²) in [6, 6.07) is 7.67. The van der Waals surface area contributed by atoms with E-state index in [1.54, 1.807) is 20.5 Å². The van der Waals surface area contributed by atoms with Crippen molar-refractivity contribution in [2.24, 2.45) is 0 Å². The van der Waals surface area contributed by atoms with Crippen LogP contribution in [0, 0.1) is 6.92 Å². The molecule has 1 aromatic heterocycles. The Labute approximate surface area is 172 Å². The first-order chi connectivity index (χ1) is 14.0. The summed E-state index contributed by atoms with van der Waals surface area (Å²) >= 11 is 0. The van der Waals surface area contributed by atoms with Crippen molar-refractivity contribution < 1.29 is 18.7 Å². The van der Waals surface area contributed by atoms with Gasteiger partial charge in [-0.3, -0.25) is 14.6 Å². The Morgan fingerprint density at radius 2 is 1.79 bits per heavy atom. The molecule has 1 saturated heterocycles. The molecule has 1 amide bonds. The predicted molar refractivity (Wildman–Crippen MR) is 111 cm³/mol. The second-order valence-corrected chi connectivity index (χ2v) is 7.49. The number of hydrogen-bond acceptors (Lipinski definition) is 6. The molecule has 29 heavy (non-hydrogen) atoms. The van der Waals surface area contributed by atoms with Gasteiger partial charge in [0.25, 0.3) is 0 Å². The Balaban J connectivity index is 1.47. The van der Waals surface area contributed by atoms with Gasteiger partial charge in [-0.05, 0) is 49.2 Å². The van der Waals surface area contributed by atoms with Crippen molar-refractivity contribution in [2.45, 2.75) is 26.4 Å². The topological polar surface area (TPSA) is 67.2 Å². The third kappa shape index (κ3) is 5.52. The Morgan fingerprint density at radius 3 is 2.41 bits per heavy atom. The average molecular weight is 402 g/mol. The van der Waals surface area contributed by atoms with Gasteiger partial charge in [0, 0.05) is 32.7 Å². The number of nitrogens with zero attached hydrogens (tertiary/aromatic N) is 2. The second-order valence-electron chi connectivity index (χ2n) is 7.49. The molecule has 1 N–H and O–H groups in total. The molecule has 7 heteroatoms. The zero-order valence-corrected chi connectivity index (χ0v) is 17.7. The Bertz CT molecular complexity index is 799. The van der Waals surface area contributed by atoms with E-state index in [1.165, 1.54) is 11.1 Å². The molecule has 1 aromatic carbocycles. The normalized spacial score (nSPS) is 16.4. The maximum Gasteiger partial charge on any atom is 0.234 e. The molecule has 0 spiro atoms. The number of methoxy groups -OCH3 is 2. The maximum atomic E-state index is 12.3. The van der Waals surface area contributed by atoms with Gasteiger partial charge >= 0.3 is 0 Å². The van der Waals surface area contributed by atoms with Gasteiger partial charge in [-0.2, -0.15) is 0 Å². The van der Waals surface area contributed by atoms with Gasteiger partial charge < -0.3 is 19.2 Å². The first-order valence-electron chi connectivity index (χ1n) is 9.99. The first-order valence-corrected chi connectivity index (χ1v) is 9.99. The number of piperazine rings is 1. The third-order valence-corrected chi connectivity index (χ3v) is 5.42. The van der Waals surface area contributed by atoms with Gasteiger partial charge in [0.1, 0.15) is 5.76 Å². The van der Waals surface area contributed by atoms with E-state index in [-0.39, 0.29) is 11.9 Å². The number of aryl methyl sites for hydroxylation is 1. The van der Waals surface area contributed by atoms with Crippen molar-refractivity contribution in [3.8, 4) is 11.5 Å². The van der Waals surface area contributed by atoms with Gasteiger partial charge in [0.2, 0.25) is 5.91 Å². The smallest absolute Gasteiger partial charge is 0.234 e. The standard InChI is InChI=1S/C22H31N3O4/c1-16-12-20(27-3)21(28-4)13-18(16)14-24-7-9-25(10-8-24)15-22(26)23-17(2)19-6-5-11-29-19/h5-6,11-13,17H,7-10,14-15H2,1-4H3,(H,23,26)/t17-/m0/s1. The Hall–Kier alpha value is -2.51. The number of amides is 1. The number of furan rings is 1. The molecule has 0 bridgehead atoms. The summed E-state index contributed by atoms with van der Waals surface area (Å²) in [7, 11) is 3.31. The molecular formula is C22H31N3O4. The zero-order chi connectivity index (χ0) is 20.8. The number of benzene rings is 1. The molecular weight excluding hydrogens is 370 g/mol. The molecule has 1 atom stereocenters. The highest BCUT2D eigenvalue weighted by atomic mass is 16.5. The largest absolute Gasteiger partial charge is 0.493 e. The lowest BCUT2D eigenvalue weighted by Crippen LogP contribution is -2.49. The van der Waals surface area contributed by atoms with Crippen molar-refractivity contribution in [1.29, 1.82) is 0 Å². The van der Waals surface area contributed by atoms with Crippen LogP contribution in [0.15, 0.2) is 34.9 Å². The lowest BCUT2D eigenvalue weighted by Gasteiger charge is -2.34. The van der Waals surface area contributed by atoms with Crippen LogP contribution in [0.25, 0.3) is 0 Å². The molecule has 7 nitrogen and oxygen atoms in total. The minimum Gasteiger partial charge on any atom is -0.493 e. The highest BCUT2D eigenvalue weighted by molar-refractivity contribution is 5.78. The van der Waals surface area contributed by atoms with E-state index in [4.69, 9.17) is 13.9 Å². The van der Waals surface area contributed by atoms with Crippen LogP contribution in [-0.2, 0) is 11.3 Å². The van der Waals surface area contributed by atoms with Crippen LogP contribution in [0.5, 0.6) is 11.5 Å². The summed E-state index contributed by atoms with van der Waals surface area (Å²) < 4.78 is 16.2. The van der Waals surface area contributed by atoms with Crippen LogP contribution in [-0.4, -0.2) is 62.7 Å². The second kappa shape index (κ2) is 9.80. The number of rotatable bonds is 8. The summed E-state index contributed by atoms with van der Waals surface area (Å²) in [6.45, 7) is 8.89. The lowest BCUT2D eigenvalue weighted by molar-refractivity contribution is -0.123. The Kier molecular flexibility index (Phi) is 7.17. The summed E-state index contributed by atoms with van der Waals surface area (Å²) in [5.74, 6) is 2.31. The first kappa shape index (κ1) is 21.2. The molecule has 0 radical (unpaired) electrons. The predicted octanol–water partition coefficient (Wildman–Crippen LogP) is 2.60. The van der Waals surface area contributed by atoms with E-state index in [0.29, 0.717) is 6.54 Å². The van der Waals surface area contributed by atoms with Crippen LogP contribution in [0.4, 0.5) is 0 Å². The zero-order valence-electron chi connectivity index (χ0n) is 17.7. The van der Waals surface area contributed by atoms with E-state index in [2.05, 4.69) is 28.1 Å². The number of carbonyl (C=O) groups excluding carboxylic acids is 1. The van der Waals surface area contributed by atoms with Crippen LogP contribution in [0.2, 0.25) is 0 Å². The van der Waals surface area contributed by atoms with Crippen molar-refractivity contribution in [3.63, 3.8) is 0 Å². The molecule has 1 fully saturated rings. The van der Waals surface area contributed by atoms with E-state index in [1.807, 2.05) is 25.1 Å². The van der Waals surface area contributed by atoms with Crippen molar-refractivity contribution >= 4 is 5.91 Å². The summed E-state index contributed by atoms with van der Waals surface area (Å²) in [5.41, 5.74) is 2.43. The highest BCUT2D eigenvalue weighted by Crippen LogP contribution is 2.31. The molecule has 2 heterocycles. The summed E-state index contributed by atoms with van der Waals surface area (Å²) in [4.78, 5) is 16.9. The fourth-order valence-electron chi connectivity index (χ4n) is 3.64. The maximum absolute atomic E-state index is 12.3. The third-order valence-electron chi connectivity index (χ3n) is 5.42. The van der Waals surface area contributed by atoms with Gasteiger partial charge in [0.05, 0.1) is 33.1 Å². The number of nitrogens with one attached hydrogen (secondary N) is 1. The molecule has 1 aliphatic heterocycles. The number of hydrogen-bond donors (Lipinski definition) is 1. The minimum atomic E-state index is -0.119. The van der Waals surface area contributed by atoms with Crippen molar-refractivity contribution in [2.75, 3.05) is 46.9 Å². The molecule has 3 rings (SSSR count). The molecule has 0 aliphatic carbocycles. The van der Waals surface area contributed by atoms with E-state index >= 15 is 0 Å². The quantitative estimate of drug-likeness (QED) is 0.733. The van der Waals surface area contributed by atoms with Gasteiger partial charge in [-0.15, -0.1) is 0 Å². The van der Waals surface area contributed by atoms with Crippen molar-refractivity contribution in [3.05, 3.63) is 47.4 Å². The summed E-state index contributed by atoms with van der Waals surface area (Å²) in [6.07, 6.45) is 1.62. The molecule has 1 aliphatic rings. The monoisotopic (exact) mass is 401 g/mol.